The van der Waals surface area contributed by atoms with E-state index in [4.69, 9.17) is 5.14 Å². The molecule has 0 saturated carbocycles. The van der Waals surface area contributed by atoms with Gasteiger partial charge in [0.1, 0.15) is 0 Å². The summed E-state index contributed by atoms with van der Waals surface area (Å²) in [6.07, 6.45) is 1.54. The largest absolute Gasteiger partial charge is 0.338 e. The molecule has 180 valence electrons. The van der Waals surface area contributed by atoms with Crippen molar-refractivity contribution >= 4 is 43.2 Å². The quantitative estimate of drug-likeness (QED) is 0.443. The Labute approximate surface area is 197 Å². The Hall–Kier alpha value is -3.13. The number of anilines is 4. The summed E-state index contributed by atoms with van der Waals surface area (Å²) in [4.78, 5) is 7.96. The lowest BCUT2D eigenvalue weighted by molar-refractivity contribution is 0.392. The number of rotatable bonds is 7. The molecular formula is C21H23FN6O4S2. The fourth-order valence-corrected chi connectivity index (χ4v) is 5.19. The first-order valence-electron chi connectivity index (χ1n) is 10.3. The molecule has 0 bridgehead atoms. The van der Waals surface area contributed by atoms with E-state index in [0.717, 1.165) is 17.3 Å². The number of halogens is 1. The van der Waals surface area contributed by atoms with Gasteiger partial charge in [-0.3, -0.25) is 0 Å². The van der Waals surface area contributed by atoms with E-state index >= 15 is 0 Å². The summed E-state index contributed by atoms with van der Waals surface area (Å²) in [7, 11) is -7.15. The highest BCUT2D eigenvalue weighted by Gasteiger charge is 2.25. The summed E-state index contributed by atoms with van der Waals surface area (Å²) >= 11 is 0. The van der Waals surface area contributed by atoms with Crippen molar-refractivity contribution in [3.8, 4) is 0 Å². The molecule has 0 unspecified atom stereocenters. The molecule has 0 atom stereocenters. The van der Waals surface area contributed by atoms with Crippen LogP contribution in [0, 0.1) is 5.82 Å². The maximum atomic E-state index is 14.4. The highest BCUT2D eigenvalue weighted by atomic mass is 32.2. The van der Waals surface area contributed by atoms with Gasteiger partial charge < -0.3 is 10.6 Å². The molecule has 1 aliphatic heterocycles. The number of fused-ring (bicyclic) bond motifs is 1. The summed E-state index contributed by atoms with van der Waals surface area (Å²) in [5.41, 5.74) is 2.82. The third kappa shape index (κ3) is 5.33. The van der Waals surface area contributed by atoms with Gasteiger partial charge in [0.25, 0.3) is 0 Å². The number of benzene rings is 2. The van der Waals surface area contributed by atoms with Crippen LogP contribution in [-0.2, 0) is 33.0 Å². The van der Waals surface area contributed by atoms with E-state index in [0.29, 0.717) is 30.9 Å². The standard InChI is InChI=1S/C21H23FN6O4S2/c1-2-33(29,30)28-9-8-14-10-17(7-6-15(14)13-28)25-20-19(22)12-24-21(27-20)26-16-4-3-5-18(11-16)34(23,31)32/h3-7,10-12H,2,8-9,13H2,1H3,(H2,23,31,32)(H2,24,25,26,27). The van der Waals surface area contributed by atoms with E-state index in [1.165, 1.54) is 22.5 Å². The number of aromatic nitrogens is 2. The number of primary sulfonamides is 1. The van der Waals surface area contributed by atoms with Crippen LogP contribution in [0.2, 0.25) is 0 Å². The van der Waals surface area contributed by atoms with Crippen LogP contribution in [0.25, 0.3) is 0 Å². The summed E-state index contributed by atoms with van der Waals surface area (Å²) in [5.74, 6) is -0.654. The van der Waals surface area contributed by atoms with Gasteiger partial charge in [-0.05, 0) is 54.8 Å². The molecule has 4 rings (SSSR count). The fraction of sp³-hybridized carbons (Fsp3) is 0.238. The third-order valence-corrected chi connectivity index (χ3v) is 8.11. The smallest absolute Gasteiger partial charge is 0.238 e. The summed E-state index contributed by atoms with van der Waals surface area (Å²) in [6.45, 7) is 2.31. The molecule has 0 saturated heterocycles. The molecule has 4 N–H and O–H groups in total. The predicted octanol–water partition coefficient (Wildman–Crippen LogP) is 2.46. The van der Waals surface area contributed by atoms with Crippen molar-refractivity contribution in [1.29, 1.82) is 0 Å². The Kier molecular flexibility index (Phi) is 6.53. The van der Waals surface area contributed by atoms with Crippen molar-refractivity contribution in [1.82, 2.24) is 14.3 Å². The summed E-state index contributed by atoms with van der Waals surface area (Å²) in [6, 6.07) is 11.2. The minimum absolute atomic E-state index is 0.0499. The van der Waals surface area contributed by atoms with Crippen molar-refractivity contribution in [3.05, 3.63) is 65.6 Å². The van der Waals surface area contributed by atoms with E-state index < -0.39 is 25.9 Å². The molecule has 2 heterocycles. The zero-order chi connectivity index (χ0) is 24.5. The van der Waals surface area contributed by atoms with Crippen LogP contribution in [0.15, 0.2) is 53.6 Å². The monoisotopic (exact) mass is 506 g/mol. The zero-order valence-electron chi connectivity index (χ0n) is 18.2. The maximum absolute atomic E-state index is 14.4. The van der Waals surface area contributed by atoms with E-state index in [2.05, 4.69) is 20.6 Å². The van der Waals surface area contributed by atoms with Gasteiger partial charge in [0.15, 0.2) is 11.6 Å². The number of nitrogens with one attached hydrogen (secondary N) is 2. The van der Waals surface area contributed by atoms with Crippen LogP contribution in [0.3, 0.4) is 0 Å². The maximum Gasteiger partial charge on any atom is 0.238 e. The lowest BCUT2D eigenvalue weighted by Crippen LogP contribution is -2.36. The van der Waals surface area contributed by atoms with Gasteiger partial charge in [-0.25, -0.2) is 31.3 Å². The molecular weight excluding hydrogens is 483 g/mol. The Morgan fingerprint density at radius 1 is 1.06 bits per heavy atom. The van der Waals surface area contributed by atoms with Crippen molar-refractivity contribution in [3.63, 3.8) is 0 Å². The first-order chi connectivity index (χ1) is 16.0. The van der Waals surface area contributed by atoms with Gasteiger partial charge in [0.05, 0.1) is 16.8 Å². The fourth-order valence-electron chi connectivity index (χ4n) is 3.56. The Morgan fingerprint density at radius 3 is 2.56 bits per heavy atom. The van der Waals surface area contributed by atoms with Crippen LogP contribution in [0.5, 0.6) is 0 Å². The van der Waals surface area contributed by atoms with Gasteiger partial charge in [0, 0.05) is 24.5 Å². The Bertz CT molecular complexity index is 1450. The van der Waals surface area contributed by atoms with E-state index in [1.54, 1.807) is 19.1 Å². The topological polar surface area (TPSA) is 147 Å². The van der Waals surface area contributed by atoms with E-state index in [1.807, 2.05) is 12.1 Å². The SMILES string of the molecule is CCS(=O)(=O)N1CCc2cc(Nc3nc(Nc4cccc(S(N)(=O)=O)c4)ncc3F)ccc2C1. The second kappa shape index (κ2) is 9.25. The van der Waals surface area contributed by atoms with Crippen LogP contribution < -0.4 is 15.8 Å². The van der Waals surface area contributed by atoms with Crippen LogP contribution in [0.4, 0.5) is 27.5 Å². The number of hydrogen-bond donors (Lipinski definition) is 3. The van der Waals surface area contributed by atoms with Gasteiger partial charge in [-0.1, -0.05) is 12.1 Å². The van der Waals surface area contributed by atoms with Crippen molar-refractivity contribution in [2.24, 2.45) is 5.14 Å². The molecule has 1 aromatic heterocycles. The number of sulfonamides is 2. The molecule has 3 aromatic rings. The second-order valence-corrected chi connectivity index (χ2v) is 11.5. The molecule has 0 amide bonds. The summed E-state index contributed by atoms with van der Waals surface area (Å²) in [5, 5.41) is 10.9. The van der Waals surface area contributed by atoms with E-state index in [-0.39, 0.29) is 22.4 Å². The zero-order valence-corrected chi connectivity index (χ0v) is 19.8. The third-order valence-electron chi connectivity index (χ3n) is 5.37. The molecule has 13 heteroatoms. The lowest BCUT2D eigenvalue weighted by Gasteiger charge is -2.28. The van der Waals surface area contributed by atoms with E-state index in [9.17, 15) is 21.2 Å². The number of nitrogens with zero attached hydrogens (tertiary/aromatic N) is 3. The predicted molar refractivity (Wildman–Crippen MR) is 126 cm³/mol. The first kappa shape index (κ1) is 24.0. The van der Waals surface area contributed by atoms with Crippen LogP contribution in [0.1, 0.15) is 18.1 Å². The molecule has 10 nitrogen and oxygen atoms in total. The average molecular weight is 507 g/mol. The molecule has 0 radical (unpaired) electrons. The second-order valence-electron chi connectivity index (χ2n) is 7.68. The minimum atomic E-state index is -3.88. The highest BCUT2D eigenvalue weighted by Crippen LogP contribution is 2.27. The first-order valence-corrected chi connectivity index (χ1v) is 13.5. The van der Waals surface area contributed by atoms with Crippen molar-refractivity contribution in [2.75, 3.05) is 22.9 Å². The number of nitrogens with two attached hydrogens (primary N) is 1. The number of hydrogen-bond acceptors (Lipinski definition) is 8. The molecule has 34 heavy (non-hydrogen) atoms. The van der Waals surface area contributed by atoms with Gasteiger partial charge >= 0.3 is 0 Å². The van der Waals surface area contributed by atoms with Gasteiger partial charge in [-0.2, -0.15) is 9.29 Å². The minimum Gasteiger partial charge on any atom is -0.338 e. The van der Waals surface area contributed by atoms with Gasteiger partial charge in [-0.15, -0.1) is 0 Å². The van der Waals surface area contributed by atoms with Crippen LogP contribution in [-0.4, -0.2) is 43.4 Å². The molecule has 0 fully saturated rings. The Morgan fingerprint density at radius 2 is 1.82 bits per heavy atom. The van der Waals surface area contributed by atoms with Crippen LogP contribution >= 0.6 is 0 Å². The van der Waals surface area contributed by atoms with Crippen molar-refractivity contribution in [2.45, 2.75) is 24.8 Å². The summed E-state index contributed by atoms with van der Waals surface area (Å²) < 4.78 is 63.3. The molecule has 0 aliphatic carbocycles. The van der Waals surface area contributed by atoms with Crippen molar-refractivity contribution < 1.29 is 21.2 Å². The van der Waals surface area contributed by atoms with Gasteiger partial charge in [0.2, 0.25) is 26.0 Å². The highest BCUT2D eigenvalue weighted by molar-refractivity contribution is 7.89. The normalized spacial score (nSPS) is 14.4. The molecule has 0 spiro atoms. The average Bonchev–Trinajstić information content (AvgIpc) is 2.80. The molecule has 1 aliphatic rings. The molecule has 2 aromatic carbocycles. The lowest BCUT2D eigenvalue weighted by atomic mass is 10.0. The Balaban J connectivity index is 1.53.